The van der Waals surface area contributed by atoms with Crippen LogP contribution in [0.4, 0.5) is 0 Å². The normalized spacial score (nSPS) is 15.1. The summed E-state index contributed by atoms with van der Waals surface area (Å²) in [6.07, 6.45) is 2.50. The Balaban J connectivity index is 1.85. The van der Waals surface area contributed by atoms with Gasteiger partial charge in [0, 0.05) is 25.6 Å². The quantitative estimate of drug-likeness (QED) is 0.495. The van der Waals surface area contributed by atoms with Gasteiger partial charge in [-0.05, 0) is 45.0 Å². The van der Waals surface area contributed by atoms with Gasteiger partial charge in [0.15, 0.2) is 0 Å². The van der Waals surface area contributed by atoms with E-state index in [9.17, 15) is 14.4 Å². The Hall–Kier alpha value is -2.35. The van der Waals surface area contributed by atoms with Crippen molar-refractivity contribution in [2.75, 3.05) is 27.2 Å². The highest BCUT2D eigenvalue weighted by atomic mass is 16.2. The third-order valence-corrected chi connectivity index (χ3v) is 4.01. The summed E-state index contributed by atoms with van der Waals surface area (Å²) in [6.45, 7) is 1.09. The number of aromatic nitrogens is 1. The molecule has 1 aliphatic carbocycles. The Morgan fingerprint density at radius 1 is 1.29 bits per heavy atom. The minimum atomic E-state index is -0.610. The number of nitrogens with one attached hydrogen (secondary N) is 3. The van der Waals surface area contributed by atoms with E-state index in [1.165, 1.54) is 12.1 Å². The SMILES string of the molecule is CN(C)CCC(=O)NCC(NC(=O)c1ccc(C(N)=O)[nH]1)C1CC1. The van der Waals surface area contributed by atoms with E-state index in [2.05, 4.69) is 15.6 Å². The molecule has 1 heterocycles. The van der Waals surface area contributed by atoms with E-state index >= 15 is 0 Å². The highest BCUT2D eigenvalue weighted by molar-refractivity contribution is 5.96. The zero-order valence-corrected chi connectivity index (χ0v) is 14.1. The number of primary amides is 1. The first kappa shape index (κ1) is 18.0. The first-order chi connectivity index (χ1) is 11.4. The van der Waals surface area contributed by atoms with E-state index in [4.69, 9.17) is 5.73 Å². The fourth-order valence-corrected chi connectivity index (χ4v) is 2.39. The molecule has 8 heteroatoms. The van der Waals surface area contributed by atoms with Gasteiger partial charge < -0.3 is 26.3 Å². The molecule has 0 saturated heterocycles. The molecule has 1 unspecified atom stereocenters. The fraction of sp³-hybridized carbons (Fsp3) is 0.562. The number of hydrogen-bond acceptors (Lipinski definition) is 4. The largest absolute Gasteiger partial charge is 0.364 e. The third kappa shape index (κ3) is 5.38. The van der Waals surface area contributed by atoms with Crippen LogP contribution >= 0.6 is 0 Å². The van der Waals surface area contributed by atoms with Crippen LogP contribution in [0.3, 0.4) is 0 Å². The predicted octanol–water partition coefficient (Wildman–Crippen LogP) is -0.310. The summed E-state index contributed by atoms with van der Waals surface area (Å²) in [5.41, 5.74) is 5.64. The van der Waals surface area contributed by atoms with Crippen LogP contribution in [0.15, 0.2) is 12.1 Å². The van der Waals surface area contributed by atoms with Crippen molar-refractivity contribution in [1.82, 2.24) is 20.5 Å². The van der Waals surface area contributed by atoms with Gasteiger partial charge in [0.1, 0.15) is 11.4 Å². The molecule has 8 nitrogen and oxygen atoms in total. The number of nitrogens with two attached hydrogens (primary N) is 1. The Kier molecular flexibility index (Phi) is 5.97. The molecule has 1 saturated carbocycles. The second-order valence-electron chi connectivity index (χ2n) is 6.42. The van der Waals surface area contributed by atoms with Crippen LogP contribution in [0, 0.1) is 5.92 Å². The first-order valence-electron chi connectivity index (χ1n) is 8.08. The topological polar surface area (TPSA) is 120 Å². The second kappa shape index (κ2) is 7.96. The zero-order valence-electron chi connectivity index (χ0n) is 14.1. The van der Waals surface area contributed by atoms with Crippen molar-refractivity contribution in [3.8, 4) is 0 Å². The van der Waals surface area contributed by atoms with Crippen LogP contribution in [0.2, 0.25) is 0 Å². The van der Waals surface area contributed by atoms with E-state index in [0.717, 1.165) is 12.8 Å². The highest BCUT2D eigenvalue weighted by Crippen LogP contribution is 2.32. The smallest absolute Gasteiger partial charge is 0.267 e. The summed E-state index contributed by atoms with van der Waals surface area (Å²) in [4.78, 5) is 39.8. The fourth-order valence-electron chi connectivity index (χ4n) is 2.39. The maximum Gasteiger partial charge on any atom is 0.267 e. The lowest BCUT2D eigenvalue weighted by Crippen LogP contribution is -2.45. The first-order valence-corrected chi connectivity index (χ1v) is 8.08. The number of H-pyrrole nitrogens is 1. The highest BCUT2D eigenvalue weighted by Gasteiger charge is 2.32. The summed E-state index contributed by atoms with van der Waals surface area (Å²) in [5.74, 6) is -0.559. The average Bonchev–Trinajstić information content (AvgIpc) is 3.24. The number of carbonyl (C=O) groups excluding carboxylic acids is 3. The van der Waals surface area contributed by atoms with Crippen LogP contribution in [0.25, 0.3) is 0 Å². The number of nitrogens with zero attached hydrogens (tertiary/aromatic N) is 1. The molecule has 132 valence electrons. The Labute approximate surface area is 141 Å². The molecule has 0 aromatic carbocycles. The van der Waals surface area contributed by atoms with Gasteiger partial charge in [-0.15, -0.1) is 0 Å². The van der Waals surface area contributed by atoms with E-state index < -0.39 is 5.91 Å². The molecule has 24 heavy (non-hydrogen) atoms. The maximum absolute atomic E-state index is 12.3. The lowest BCUT2D eigenvalue weighted by Gasteiger charge is -2.19. The molecule has 1 aromatic heterocycles. The lowest BCUT2D eigenvalue weighted by molar-refractivity contribution is -0.121. The van der Waals surface area contributed by atoms with Crippen molar-refractivity contribution in [3.05, 3.63) is 23.5 Å². The van der Waals surface area contributed by atoms with Gasteiger partial charge in [-0.25, -0.2) is 0 Å². The number of carbonyl (C=O) groups is 3. The number of rotatable bonds is 9. The molecule has 1 atom stereocenters. The monoisotopic (exact) mass is 335 g/mol. The van der Waals surface area contributed by atoms with E-state index in [-0.39, 0.29) is 29.2 Å². The molecule has 3 amide bonds. The van der Waals surface area contributed by atoms with Gasteiger partial charge in [-0.1, -0.05) is 0 Å². The summed E-state index contributed by atoms with van der Waals surface area (Å²) >= 11 is 0. The van der Waals surface area contributed by atoms with Gasteiger partial charge in [-0.3, -0.25) is 14.4 Å². The van der Waals surface area contributed by atoms with Crippen molar-refractivity contribution in [2.24, 2.45) is 11.7 Å². The average molecular weight is 335 g/mol. The van der Waals surface area contributed by atoms with Crippen molar-refractivity contribution in [3.63, 3.8) is 0 Å². The Morgan fingerprint density at radius 2 is 1.96 bits per heavy atom. The van der Waals surface area contributed by atoms with Gasteiger partial charge in [0.2, 0.25) is 5.91 Å². The lowest BCUT2D eigenvalue weighted by atomic mass is 10.1. The van der Waals surface area contributed by atoms with Gasteiger partial charge >= 0.3 is 0 Å². The zero-order chi connectivity index (χ0) is 17.7. The van der Waals surface area contributed by atoms with Crippen molar-refractivity contribution in [1.29, 1.82) is 0 Å². The molecule has 0 radical (unpaired) electrons. The number of amides is 3. The summed E-state index contributed by atoms with van der Waals surface area (Å²) in [5, 5.41) is 5.80. The number of aromatic amines is 1. The van der Waals surface area contributed by atoms with Crippen LogP contribution < -0.4 is 16.4 Å². The van der Waals surface area contributed by atoms with Gasteiger partial charge in [0.05, 0.1) is 0 Å². The molecule has 0 bridgehead atoms. The Morgan fingerprint density at radius 3 is 2.50 bits per heavy atom. The molecule has 0 aliphatic heterocycles. The Bertz CT molecular complexity index is 607. The molecule has 5 N–H and O–H groups in total. The van der Waals surface area contributed by atoms with Crippen molar-refractivity contribution in [2.45, 2.75) is 25.3 Å². The summed E-state index contributed by atoms with van der Waals surface area (Å²) < 4.78 is 0. The molecule has 1 aliphatic rings. The molecule has 1 fully saturated rings. The third-order valence-electron chi connectivity index (χ3n) is 4.01. The van der Waals surface area contributed by atoms with Crippen molar-refractivity contribution >= 4 is 17.7 Å². The van der Waals surface area contributed by atoms with Crippen LogP contribution in [-0.2, 0) is 4.79 Å². The minimum Gasteiger partial charge on any atom is -0.364 e. The molecular weight excluding hydrogens is 310 g/mol. The summed E-state index contributed by atoms with van der Waals surface area (Å²) in [7, 11) is 3.83. The van der Waals surface area contributed by atoms with Crippen LogP contribution in [0.5, 0.6) is 0 Å². The molecule has 0 spiro atoms. The maximum atomic E-state index is 12.3. The standard InChI is InChI=1S/C16H25N5O3/c1-21(2)8-7-14(22)18-9-13(10-3-4-10)20-16(24)12-6-5-11(19-12)15(17)23/h5-6,10,13,19H,3-4,7-9H2,1-2H3,(H2,17,23)(H,18,22)(H,20,24). The van der Waals surface area contributed by atoms with E-state index in [1.807, 2.05) is 19.0 Å². The van der Waals surface area contributed by atoms with Crippen LogP contribution in [0.1, 0.15) is 40.2 Å². The van der Waals surface area contributed by atoms with Crippen LogP contribution in [-0.4, -0.2) is 60.8 Å². The predicted molar refractivity (Wildman–Crippen MR) is 89.5 cm³/mol. The van der Waals surface area contributed by atoms with Gasteiger partial charge in [0.25, 0.3) is 11.8 Å². The minimum absolute atomic E-state index is 0.0283. The van der Waals surface area contributed by atoms with Gasteiger partial charge in [-0.2, -0.15) is 0 Å². The second-order valence-corrected chi connectivity index (χ2v) is 6.42. The number of hydrogen-bond donors (Lipinski definition) is 4. The van der Waals surface area contributed by atoms with Crippen molar-refractivity contribution < 1.29 is 14.4 Å². The summed E-state index contributed by atoms with van der Waals surface area (Å²) in [6, 6.07) is 2.89. The molecule has 2 rings (SSSR count). The van der Waals surface area contributed by atoms with E-state index in [0.29, 0.717) is 25.4 Å². The van der Waals surface area contributed by atoms with E-state index in [1.54, 1.807) is 0 Å². The molecular formula is C16H25N5O3. The molecule has 1 aromatic rings.